The molecular weight excluding hydrogens is 355 g/mol. The predicted octanol–water partition coefficient (Wildman–Crippen LogP) is 4.03. The van der Waals surface area contributed by atoms with E-state index in [1.54, 1.807) is 19.1 Å². The van der Waals surface area contributed by atoms with Gasteiger partial charge in [0.05, 0.1) is 12.3 Å². The van der Waals surface area contributed by atoms with E-state index < -0.39 is 0 Å². The van der Waals surface area contributed by atoms with Crippen molar-refractivity contribution in [2.24, 2.45) is 0 Å². The Morgan fingerprint density at radius 3 is 2.58 bits per heavy atom. The number of nitrogens with one attached hydrogen (secondary N) is 1. The summed E-state index contributed by atoms with van der Waals surface area (Å²) in [6.07, 6.45) is 0. The first kappa shape index (κ1) is 18.0. The van der Waals surface area contributed by atoms with Gasteiger partial charge in [0.2, 0.25) is 0 Å². The quantitative estimate of drug-likeness (QED) is 0.636. The van der Waals surface area contributed by atoms with Gasteiger partial charge in [0, 0.05) is 0 Å². The Hall–Kier alpha value is -2.77. The van der Waals surface area contributed by atoms with Crippen molar-refractivity contribution >= 4 is 17.2 Å². The van der Waals surface area contributed by atoms with Crippen LogP contribution in [-0.2, 0) is 18.1 Å². The largest absolute Gasteiger partial charge is 0.486 e. The van der Waals surface area contributed by atoms with E-state index in [9.17, 15) is 9.18 Å². The van der Waals surface area contributed by atoms with Crippen molar-refractivity contribution in [1.29, 1.82) is 0 Å². The van der Waals surface area contributed by atoms with Crippen molar-refractivity contribution in [3.8, 4) is 5.75 Å². The minimum absolute atomic E-state index is 0.204. The Bertz CT molecular complexity index is 866. The molecule has 0 aliphatic heterocycles. The molecule has 1 heterocycles. The lowest BCUT2D eigenvalue weighted by Crippen LogP contribution is -2.23. The third kappa shape index (κ3) is 4.87. The normalized spacial score (nSPS) is 10.5. The van der Waals surface area contributed by atoms with Crippen LogP contribution in [0.2, 0.25) is 0 Å². The first-order valence-electron chi connectivity index (χ1n) is 7.92. The number of rotatable bonds is 7. The van der Waals surface area contributed by atoms with E-state index in [2.05, 4.69) is 10.5 Å². The third-order valence-electron chi connectivity index (χ3n) is 3.47. The average molecular weight is 372 g/mol. The molecule has 1 aromatic heterocycles. The van der Waals surface area contributed by atoms with E-state index in [-0.39, 0.29) is 24.9 Å². The number of carbonyl (C=O) groups excluding carboxylic acids is 1. The monoisotopic (exact) mass is 372 g/mol. The Balaban J connectivity index is 1.53. The van der Waals surface area contributed by atoms with Crippen LogP contribution in [0.1, 0.15) is 25.9 Å². The van der Waals surface area contributed by atoms with Crippen molar-refractivity contribution in [1.82, 2.24) is 10.5 Å². The topological polar surface area (TPSA) is 60.5 Å². The first-order valence-corrected chi connectivity index (χ1v) is 8.74. The van der Waals surface area contributed by atoms with Gasteiger partial charge in [0.1, 0.15) is 28.1 Å². The van der Waals surface area contributed by atoms with Crippen molar-refractivity contribution in [3.05, 3.63) is 81.6 Å². The highest BCUT2D eigenvalue weighted by Crippen LogP contribution is 2.20. The van der Waals surface area contributed by atoms with Crippen LogP contribution in [0.15, 0.2) is 54.6 Å². The van der Waals surface area contributed by atoms with Crippen LogP contribution in [0, 0.1) is 12.7 Å². The summed E-state index contributed by atoms with van der Waals surface area (Å²) >= 11 is 1.23. The zero-order valence-corrected chi connectivity index (χ0v) is 14.9. The molecule has 3 rings (SSSR count). The number of benzene rings is 2. The van der Waals surface area contributed by atoms with Crippen molar-refractivity contribution in [2.75, 3.05) is 0 Å². The summed E-state index contributed by atoms with van der Waals surface area (Å²) in [7, 11) is 0. The van der Waals surface area contributed by atoms with E-state index in [4.69, 9.17) is 9.57 Å². The number of carbonyl (C=O) groups is 1. The highest BCUT2D eigenvalue weighted by Gasteiger charge is 2.16. The van der Waals surface area contributed by atoms with Crippen molar-refractivity contribution in [3.63, 3.8) is 0 Å². The molecule has 7 heteroatoms. The molecule has 5 nitrogen and oxygen atoms in total. The highest BCUT2D eigenvalue weighted by molar-refractivity contribution is 7.13. The number of ether oxygens (including phenoxy) is 1. The lowest BCUT2D eigenvalue weighted by Gasteiger charge is -2.05. The molecule has 0 unspecified atom stereocenters. The number of aryl methyl sites for hydroxylation is 1. The molecule has 2 aromatic carbocycles. The summed E-state index contributed by atoms with van der Waals surface area (Å²) in [6.45, 7) is 2.24. The fourth-order valence-corrected chi connectivity index (χ4v) is 3.07. The number of hydrogen-bond donors (Lipinski definition) is 1. The minimum atomic E-state index is -0.344. The molecule has 0 bridgehead atoms. The van der Waals surface area contributed by atoms with Gasteiger partial charge in [0.25, 0.3) is 5.91 Å². The van der Waals surface area contributed by atoms with Crippen LogP contribution >= 0.6 is 11.3 Å². The zero-order chi connectivity index (χ0) is 18.4. The van der Waals surface area contributed by atoms with Crippen LogP contribution in [0.25, 0.3) is 0 Å². The standard InChI is InChI=1S/C19H17FN2O3S/c1-13-18(19(23)22-25-11-14-5-3-2-4-6-14)26-17(21-13)12-24-16-9-7-15(20)8-10-16/h2-10H,11-12H2,1H3,(H,22,23). The van der Waals surface area contributed by atoms with E-state index >= 15 is 0 Å². The van der Waals surface area contributed by atoms with Crippen LogP contribution in [0.4, 0.5) is 4.39 Å². The van der Waals surface area contributed by atoms with E-state index in [0.29, 0.717) is 21.3 Å². The molecule has 3 aromatic rings. The molecule has 0 saturated heterocycles. The number of halogens is 1. The van der Waals surface area contributed by atoms with Gasteiger partial charge in [-0.25, -0.2) is 14.9 Å². The molecule has 0 atom stereocenters. The second-order valence-electron chi connectivity index (χ2n) is 5.47. The lowest BCUT2D eigenvalue weighted by molar-refractivity contribution is 0.0236. The molecule has 0 saturated carbocycles. The molecule has 1 N–H and O–H groups in total. The summed E-state index contributed by atoms with van der Waals surface area (Å²) in [5, 5.41) is 0.653. The number of hydroxylamine groups is 1. The highest BCUT2D eigenvalue weighted by atomic mass is 32.1. The molecule has 134 valence electrons. The molecule has 0 radical (unpaired) electrons. The van der Waals surface area contributed by atoms with Gasteiger partial charge in [-0.1, -0.05) is 30.3 Å². The van der Waals surface area contributed by atoms with Crippen molar-refractivity contribution in [2.45, 2.75) is 20.1 Å². The Morgan fingerprint density at radius 1 is 1.12 bits per heavy atom. The summed E-state index contributed by atoms with van der Waals surface area (Å²) in [6, 6.07) is 15.3. The van der Waals surface area contributed by atoms with Gasteiger partial charge in [-0.15, -0.1) is 11.3 Å². The Kier molecular flexibility index (Phi) is 5.93. The van der Waals surface area contributed by atoms with Gasteiger partial charge >= 0.3 is 0 Å². The maximum atomic E-state index is 12.9. The summed E-state index contributed by atoms with van der Waals surface area (Å²) in [5.41, 5.74) is 4.00. The first-order chi connectivity index (χ1) is 12.6. The number of hydrogen-bond acceptors (Lipinski definition) is 5. The number of amides is 1. The SMILES string of the molecule is Cc1nc(COc2ccc(F)cc2)sc1C(=O)NOCc1ccccc1. The van der Waals surface area contributed by atoms with Gasteiger partial charge in [-0.3, -0.25) is 9.63 Å². The maximum Gasteiger partial charge on any atom is 0.286 e. The summed E-state index contributed by atoms with van der Waals surface area (Å²) in [4.78, 5) is 22.3. The molecule has 1 amide bonds. The van der Waals surface area contributed by atoms with Gasteiger partial charge in [-0.2, -0.15) is 0 Å². The van der Waals surface area contributed by atoms with E-state index in [0.717, 1.165) is 5.56 Å². The smallest absolute Gasteiger partial charge is 0.286 e. The molecular formula is C19H17FN2O3S. The minimum Gasteiger partial charge on any atom is -0.486 e. The molecule has 0 aliphatic rings. The average Bonchev–Trinajstić information content (AvgIpc) is 3.03. The van der Waals surface area contributed by atoms with Gasteiger partial charge in [-0.05, 0) is 36.8 Å². The number of aromatic nitrogens is 1. The molecule has 26 heavy (non-hydrogen) atoms. The van der Waals surface area contributed by atoms with E-state index in [1.165, 1.54) is 23.5 Å². The van der Waals surface area contributed by atoms with E-state index in [1.807, 2.05) is 30.3 Å². The Labute approximate surface area is 154 Å². The zero-order valence-electron chi connectivity index (χ0n) is 14.1. The molecule has 0 spiro atoms. The van der Waals surface area contributed by atoms with Gasteiger partial charge in [0.15, 0.2) is 0 Å². The van der Waals surface area contributed by atoms with Crippen molar-refractivity contribution < 1.29 is 18.8 Å². The van der Waals surface area contributed by atoms with Crippen LogP contribution in [-0.4, -0.2) is 10.9 Å². The maximum absolute atomic E-state index is 12.9. The van der Waals surface area contributed by atoms with Crippen LogP contribution in [0.5, 0.6) is 5.75 Å². The third-order valence-corrected chi connectivity index (χ3v) is 4.60. The lowest BCUT2D eigenvalue weighted by atomic mass is 10.2. The fourth-order valence-electron chi connectivity index (χ4n) is 2.21. The van der Waals surface area contributed by atoms with Gasteiger partial charge < -0.3 is 4.74 Å². The second-order valence-corrected chi connectivity index (χ2v) is 6.55. The molecule has 0 fully saturated rings. The molecule has 0 aliphatic carbocycles. The number of thiazole rings is 1. The fraction of sp³-hybridized carbons (Fsp3) is 0.158. The summed E-state index contributed by atoms with van der Waals surface area (Å²) < 4.78 is 18.4. The predicted molar refractivity (Wildman–Crippen MR) is 96.3 cm³/mol. The number of nitrogens with zero attached hydrogens (tertiary/aromatic N) is 1. The van der Waals surface area contributed by atoms with Crippen LogP contribution in [0.3, 0.4) is 0 Å². The Morgan fingerprint density at radius 2 is 1.85 bits per heavy atom. The second kappa shape index (κ2) is 8.55. The van der Waals surface area contributed by atoms with Crippen LogP contribution < -0.4 is 10.2 Å². The summed E-state index contributed by atoms with van der Waals surface area (Å²) in [5.74, 6) is -0.127.